The van der Waals surface area contributed by atoms with E-state index in [2.05, 4.69) is 28.4 Å². The van der Waals surface area contributed by atoms with Gasteiger partial charge >= 0.3 is 16.4 Å². The van der Waals surface area contributed by atoms with E-state index in [1.54, 1.807) is 18.2 Å². The zero-order chi connectivity index (χ0) is 27.8. The van der Waals surface area contributed by atoms with Gasteiger partial charge in [-0.3, -0.25) is 9.59 Å². The summed E-state index contributed by atoms with van der Waals surface area (Å²) in [5.74, 6) is -1.28. The molecule has 1 atom stereocenters. The van der Waals surface area contributed by atoms with Crippen LogP contribution < -0.4 is 15.0 Å². The molecule has 1 N–H and O–H groups in total. The molecule has 2 amide bonds. The lowest BCUT2D eigenvalue weighted by molar-refractivity contribution is -0.123. The summed E-state index contributed by atoms with van der Waals surface area (Å²) in [5, 5.41) is 2.92. The molecular formula is C27H33ClFN3O5S. The normalized spacial score (nSPS) is 14.6. The molecule has 0 aromatic heterocycles. The largest absolute Gasteiger partial charge is 0.481 e. The van der Waals surface area contributed by atoms with Crippen molar-refractivity contribution in [3.8, 4) is 5.75 Å². The number of hydrogen-bond acceptors (Lipinski definition) is 6. The third-order valence-electron chi connectivity index (χ3n) is 6.30. The number of nitrogens with one attached hydrogen (secondary N) is 1. The molecule has 2 aromatic rings. The molecule has 11 heteroatoms. The number of nitrogens with zero attached hydrogens (tertiary/aromatic N) is 2. The summed E-state index contributed by atoms with van der Waals surface area (Å²) in [7, 11) is -2.88. The van der Waals surface area contributed by atoms with E-state index in [-0.39, 0.29) is 23.1 Å². The van der Waals surface area contributed by atoms with Gasteiger partial charge in [0.1, 0.15) is 11.6 Å². The summed E-state index contributed by atoms with van der Waals surface area (Å²) in [6, 6.07) is 9.68. The van der Waals surface area contributed by atoms with E-state index in [0.717, 1.165) is 37.9 Å². The van der Waals surface area contributed by atoms with Gasteiger partial charge in [0.2, 0.25) is 5.91 Å². The molecule has 1 saturated carbocycles. The molecule has 0 spiro atoms. The van der Waals surface area contributed by atoms with Crippen LogP contribution in [0.25, 0.3) is 0 Å². The average Bonchev–Trinajstić information content (AvgIpc) is 2.85. The van der Waals surface area contributed by atoms with Crippen LogP contribution in [0.4, 0.5) is 15.8 Å². The van der Waals surface area contributed by atoms with Crippen LogP contribution in [0, 0.1) is 11.7 Å². The summed E-state index contributed by atoms with van der Waals surface area (Å²) in [4.78, 5) is 27.3. The van der Waals surface area contributed by atoms with E-state index in [9.17, 15) is 22.4 Å². The molecule has 2 aromatic carbocycles. The molecule has 1 aliphatic rings. The highest BCUT2D eigenvalue weighted by molar-refractivity contribution is 7.62. The highest BCUT2D eigenvalue weighted by Crippen LogP contribution is 2.36. The zero-order valence-electron chi connectivity index (χ0n) is 21.7. The highest BCUT2D eigenvalue weighted by Gasteiger charge is 2.25. The summed E-state index contributed by atoms with van der Waals surface area (Å²) in [6.07, 6.45) is 4.33. The van der Waals surface area contributed by atoms with Gasteiger partial charge in [-0.2, -0.15) is 8.42 Å². The van der Waals surface area contributed by atoms with Gasteiger partial charge in [-0.25, -0.2) is 4.39 Å². The molecule has 0 saturated heterocycles. The second kappa shape index (κ2) is 13.7. The van der Waals surface area contributed by atoms with E-state index in [4.69, 9.17) is 16.3 Å². The smallest absolute Gasteiger partial charge is 0.319 e. The first-order chi connectivity index (χ1) is 18.0. The van der Waals surface area contributed by atoms with Gasteiger partial charge < -0.3 is 15.0 Å². The Balaban J connectivity index is 1.94. The van der Waals surface area contributed by atoms with Crippen LogP contribution in [0.15, 0.2) is 40.8 Å². The summed E-state index contributed by atoms with van der Waals surface area (Å²) >= 11 is 5.77. The van der Waals surface area contributed by atoms with E-state index in [1.165, 1.54) is 25.5 Å². The number of carbonyl (C=O) groups is 2. The summed E-state index contributed by atoms with van der Waals surface area (Å²) in [5.41, 5.74) is 1.77. The minimum absolute atomic E-state index is 0.0192. The lowest BCUT2D eigenvalue weighted by atomic mass is 9.93. The predicted molar refractivity (Wildman–Crippen MR) is 146 cm³/mol. The van der Waals surface area contributed by atoms with Gasteiger partial charge in [-0.15, -0.1) is 0 Å². The fraction of sp³-hybridized carbons (Fsp3) is 0.481. The van der Waals surface area contributed by atoms with Crippen LogP contribution in [0.3, 0.4) is 0 Å². The molecular weight excluding hydrogens is 533 g/mol. The molecule has 0 aliphatic heterocycles. The molecule has 38 heavy (non-hydrogen) atoms. The molecule has 1 aliphatic carbocycles. The molecule has 0 radical (unpaired) electrons. The van der Waals surface area contributed by atoms with Crippen molar-refractivity contribution in [1.29, 1.82) is 0 Å². The van der Waals surface area contributed by atoms with Gasteiger partial charge in [-0.1, -0.05) is 55.1 Å². The third kappa shape index (κ3) is 8.52. The van der Waals surface area contributed by atoms with Crippen LogP contribution >= 0.6 is 11.6 Å². The maximum atomic E-state index is 13.9. The molecule has 1 unspecified atom stereocenters. The number of hydrogen-bond donors (Lipinski definition) is 1. The van der Waals surface area contributed by atoms with Gasteiger partial charge in [0.15, 0.2) is 6.10 Å². The monoisotopic (exact) mass is 565 g/mol. The van der Waals surface area contributed by atoms with Crippen molar-refractivity contribution in [3.05, 3.63) is 52.8 Å². The Labute approximate surface area is 229 Å². The summed E-state index contributed by atoms with van der Waals surface area (Å²) < 4.78 is 44.1. The predicted octanol–water partition coefficient (Wildman–Crippen LogP) is 5.81. The van der Waals surface area contributed by atoms with Gasteiger partial charge in [0.25, 0.3) is 0 Å². The minimum atomic E-state index is -2.88. The maximum Gasteiger partial charge on any atom is 0.319 e. The van der Waals surface area contributed by atoms with E-state index >= 15 is 0 Å². The number of ether oxygens (including phenoxy) is 1. The topological polar surface area (TPSA) is 105 Å². The number of rotatable bonds is 10. The van der Waals surface area contributed by atoms with Crippen molar-refractivity contribution in [3.63, 3.8) is 0 Å². The molecule has 1 fully saturated rings. The Bertz CT molecular complexity index is 1290. The lowest BCUT2D eigenvalue weighted by Crippen LogP contribution is -2.40. The van der Waals surface area contributed by atoms with Crippen molar-refractivity contribution < 1.29 is 27.1 Å². The Morgan fingerprint density at radius 3 is 2.47 bits per heavy atom. The third-order valence-corrected chi connectivity index (χ3v) is 6.94. The van der Waals surface area contributed by atoms with Crippen LogP contribution in [-0.2, 0) is 26.5 Å². The maximum absolute atomic E-state index is 13.9. The Morgan fingerprint density at radius 2 is 1.84 bits per heavy atom. The van der Waals surface area contributed by atoms with Crippen LogP contribution in [0.1, 0.15) is 58.4 Å². The van der Waals surface area contributed by atoms with Crippen molar-refractivity contribution in [2.75, 3.05) is 16.8 Å². The first kappa shape index (κ1) is 29.6. The second-order valence-electron chi connectivity index (χ2n) is 9.90. The fourth-order valence-corrected chi connectivity index (χ4v) is 5.01. The number of halogens is 2. The minimum Gasteiger partial charge on any atom is -0.481 e. The molecule has 206 valence electrons. The van der Waals surface area contributed by atoms with Crippen LogP contribution in [-0.4, -0.2) is 38.9 Å². The van der Waals surface area contributed by atoms with Crippen molar-refractivity contribution in [2.24, 2.45) is 10.3 Å². The van der Waals surface area contributed by atoms with E-state index in [0.29, 0.717) is 23.2 Å². The van der Waals surface area contributed by atoms with Crippen molar-refractivity contribution in [2.45, 2.75) is 71.4 Å². The number of benzene rings is 2. The van der Waals surface area contributed by atoms with Gasteiger partial charge in [0.05, 0.1) is 22.8 Å². The molecule has 3 rings (SSSR count). The first-order valence-corrected chi connectivity index (χ1v) is 14.1. The Morgan fingerprint density at radius 1 is 1.13 bits per heavy atom. The van der Waals surface area contributed by atoms with Gasteiger partial charge in [0, 0.05) is 18.7 Å². The van der Waals surface area contributed by atoms with Crippen LogP contribution in [0.2, 0.25) is 5.02 Å². The zero-order valence-corrected chi connectivity index (χ0v) is 23.3. The standard InChI is InChI=1S/C27H33ClFN3O5S/c1-17(2)16-32(20-7-5-4-6-8-20)25-12-10-21(37-18(3)27(34)31-38(35)36)15-24(25)30-26(33)14-19-9-11-22(28)23(29)13-19/h9-13,15,17-18,20H,4-8,14,16H2,1-3H3,(H,30,33). The SMILES string of the molecule is CC(C)CN(c1ccc(OC(C)C(=O)N=S(=O)=O)cc1NC(=O)Cc1ccc(Cl)c(F)c1)C1CCCCC1. The first-order valence-electron chi connectivity index (χ1n) is 12.7. The Kier molecular flexibility index (Phi) is 10.7. The highest BCUT2D eigenvalue weighted by atomic mass is 35.5. The fourth-order valence-electron chi connectivity index (χ4n) is 4.60. The molecule has 0 bridgehead atoms. The van der Waals surface area contributed by atoms with Crippen molar-refractivity contribution in [1.82, 2.24) is 0 Å². The quantitative estimate of drug-likeness (QED) is 0.389. The number of carbonyl (C=O) groups excluding carboxylic acids is 2. The number of amides is 2. The van der Waals surface area contributed by atoms with E-state index in [1.807, 2.05) is 6.07 Å². The lowest BCUT2D eigenvalue weighted by Gasteiger charge is -2.38. The number of anilines is 2. The molecule has 8 nitrogen and oxygen atoms in total. The Hall–Kier alpha value is -2.98. The summed E-state index contributed by atoms with van der Waals surface area (Å²) in [6.45, 7) is 6.45. The average molecular weight is 566 g/mol. The second-order valence-corrected chi connectivity index (χ2v) is 10.9. The van der Waals surface area contributed by atoms with E-state index < -0.39 is 28.3 Å². The molecule has 0 heterocycles. The van der Waals surface area contributed by atoms with Crippen molar-refractivity contribution >= 4 is 45.3 Å². The van der Waals surface area contributed by atoms with Crippen LogP contribution in [0.5, 0.6) is 5.75 Å². The van der Waals surface area contributed by atoms with Gasteiger partial charge in [-0.05, 0) is 55.5 Å².